The van der Waals surface area contributed by atoms with Gasteiger partial charge in [0.15, 0.2) is 15.5 Å². The van der Waals surface area contributed by atoms with Crippen LogP contribution >= 0.6 is 22.9 Å². The molecule has 2 saturated carbocycles. The van der Waals surface area contributed by atoms with Crippen molar-refractivity contribution in [2.75, 3.05) is 13.1 Å². The molecule has 5 rings (SSSR count). The highest BCUT2D eigenvalue weighted by Crippen LogP contribution is 2.50. The Morgan fingerprint density at radius 3 is 2.71 bits per heavy atom. The molecule has 0 saturated heterocycles. The third-order valence-corrected chi connectivity index (χ3v) is 10.7. The first-order valence-electron chi connectivity index (χ1n) is 10.3. The summed E-state index contributed by atoms with van der Waals surface area (Å²) in [5, 5.41) is 6.92. The molecule has 0 unspecified atom stereocenters. The number of carbonyl (C=O) groups is 2. The van der Waals surface area contributed by atoms with Crippen molar-refractivity contribution in [3.8, 4) is 0 Å². The molecule has 11 heteroatoms. The molecule has 166 valence electrons. The van der Waals surface area contributed by atoms with E-state index in [1.165, 1.54) is 16.0 Å². The lowest BCUT2D eigenvalue weighted by Gasteiger charge is -2.31. The van der Waals surface area contributed by atoms with Crippen LogP contribution in [-0.4, -0.2) is 58.0 Å². The van der Waals surface area contributed by atoms with E-state index >= 15 is 0 Å². The number of fused-ring (bicyclic) bond motifs is 1. The number of aryl methyl sites for hydroxylation is 1. The highest BCUT2D eigenvalue weighted by molar-refractivity contribution is 7.94. The summed E-state index contributed by atoms with van der Waals surface area (Å²) in [5.74, 6) is -0.588. The minimum atomic E-state index is -3.19. The van der Waals surface area contributed by atoms with Crippen LogP contribution in [0.1, 0.15) is 57.1 Å². The van der Waals surface area contributed by atoms with Gasteiger partial charge < -0.3 is 10.2 Å². The zero-order chi connectivity index (χ0) is 22.0. The Balaban J connectivity index is 1.32. The predicted octanol–water partition coefficient (Wildman–Crippen LogP) is 2.17. The maximum absolute atomic E-state index is 13.2. The van der Waals surface area contributed by atoms with Gasteiger partial charge in [-0.2, -0.15) is 5.10 Å². The van der Waals surface area contributed by atoms with Crippen molar-refractivity contribution in [3.05, 3.63) is 38.3 Å². The van der Waals surface area contributed by atoms with E-state index < -0.39 is 14.6 Å². The van der Waals surface area contributed by atoms with Gasteiger partial charge >= 0.3 is 0 Å². The van der Waals surface area contributed by atoms with E-state index in [9.17, 15) is 18.0 Å². The number of aromatic nitrogens is 2. The lowest BCUT2D eigenvalue weighted by molar-refractivity contribution is 0.0724. The van der Waals surface area contributed by atoms with Crippen molar-refractivity contribution < 1.29 is 18.0 Å². The standard InChI is InChI=1S/C20H23ClN4O4S2/c1-24-17-14(16(23-24)18(26)22-10-12-2-5-15(21)30-12)6-9-25(19(17)27)11-20(7-8-20)31(28,29)13-3-4-13/h2,5,13H,3-4,6-11H2,1H3,(H,22,26). The van der Waals surface area contributed by atoms with Gasteiger partial charge in [-0.25, -0.2) is 8.42 Å². The van der Waals surface area contributed by atoms with Crippen LogP contribution in [0.3, 0.4) is 0 Å². The highest BCUT2D eigenvalue weighted by atomic mass is 35.5. The number of nitrogens with one attached hydrogen (secondary N) is 1. The quantitative estimate of drug-likeness (QED) is 0.651. The van der Waals surface area contributed by atoms with E-state index in [0.717, 1.165) is 17.7 Å². The lowest BCUT2D eigenvalue weighted by atomic mass is 10.0. The summed E-state index contributed by atoms with van der Waals surface area (Å²) >= 11 is 7.32. The molecule has 0 spiro atoms. The van der Waals surface area contributed by atoms with E-state index in [4.69, 9.17) is 11.6 Å². The summed E-state index contributed by atoms with van der Waals surface area (Å²) in [6.07, 6.45) is 3.19. The van der Waals surface area contributed by atoms with Gasteiger partial charge in [-0.05, 0) is 44.2 Å². The van der Waals surface area contributed by atoms with Crippen LogP contribution in [0.4, 0.5) is 0 Å². The molecule has 2 fully saturated rings. The van der Waals surface area contributed by atoms with Crippen molar-refractivity contribution in [2.24, 2.45) is 7.05 Å². The first kappa shape index (κ1) is 21.0. The Hall–Kier alpha value is -1.91. The molecular weight excluding hydrogens is 460 g/mol. The van der Waals surface area contributed by atoms with E-state index in [1.54, 1.807) is 18.0 Å². The maximum atomic E-state index is 13.2. The van der Waals surface area contributed by atoms with Crippen molar-refractivity contribution >= 4 is 44.6 Å². The Morgan fingerprint density at radius 2 is 2.10 bits per heavy atom. The molecule has 3 aliphatic rings. The van der Waals surface area contributed by atoms with Gasteiger partial charge in [-0.3, -0.25) is 14.3 Å². The predicted molar refractivity (Wildman–Crippen MR) is 117 cm³/mol. The first-order chi connectivity index (χ1) is 14.7. The molecule has 2 aliphatic carbocycles. The topological polar surface area (TPSA) is 101 Å². The molecule has 31 heavy (non-hydrogen) atoms. The average molecular weight is 483 g/mol. The Bertz CT molecular complexity index is 1180. The van der Waals surface area contributed by atoms with Gasteiger partial charge in [0.1, 0.15) is 5.69 Å². The average Bonchev–Trinajstić information content (AvgIpc) is 3.64. The van der Waals surface area contributed by atoms with Gasteiger partial charge in [0.05, 0.1) is 20.9 Å². The molecule has 8 nitrogen and oxygen atoms in total. The highest BCUT2D eigenvalue weighted by Gasteiger charge is 2.60. The SMILES string of the molecule is Cn1nc(C(=O)NCc2ccc(Cl)s2)c2c1C(=O)N(CC1(S(=O)(=O)C3CC3)CC1)CC2. The molecule has 0 atom stereocenters. The molecule has 2 aromatic heterocycles. The molecule has 1 N–H and O–H groups in total. The number of sulfone groups is 1. The second-order valence-electron chi connectivity index (χ2n) is 8.59. The number of hydrogen-bond acceptors (Lipinski definition) is 6. The van der Waals surface area contributed by atoms with Gasteiger partial charge in [0, 0.05) is 30.6 Å². The maximum Gasteiger partial charge on any atom is 0.272 e. The summed E-state index contributed by atoms with van der Waals surface area (Å²) in [4.78, 5) is 28.5. The molecule has 0 bridgehead atoms. The number of rotatable bonds is 7. The summed E-state index contributed by atoms with van der Waals surface area (Å²) in [6, 6.07) is 3.63. The van der Waals surface area contributed by atoms with Crippen molar-refractivity contribution in [1.82, 2.24) is 20.0 Å². The van der Waals surface area contributed by atoms with Crippen LogP contribution in [0.2, 0.25) is 4.34 Å². The summed E-state index contributed by atoms with van der Waals surface area (Å²) in [6.45, 7) is 0.958. The van der Waals surface area contributed by atoms with Gasteiger partial charge in [-0.15, -0.1) is 11.3 Å². The van der Waals surface area contributed by atoms with Crippen LogP contribution in [0, 0.1) is 0 Å². The molecular formula is C20H23ClN4O4S2. The number of nitrogens with zero attached hydrogens (tertiary/aromatic N) is 3. The first-order valence-corrected chi connectivity index (χ1v) is 13.1. The number of carbonyl (C=O) groups excluding carboxylic acids is 2. The van der Waals surface area contributed by atoms with Crippen LogP contribution in [0.25, 0.3) is 0 Å². The molecule has 2 amide bonds. The van der Waals surface area contributed by atoms with Gasteiger partial charge in [0.2, 0.25) is 0 Å². The molecule has 1 aliphatic heterocycles. The van der Waals surface area contributed by atoms with Crippen molar-refractivity contribution in [3.63, 3.8) is 0 Å². The number of thiophene rings is 1. The fraction of sp³-hybridized carbons (Fsp3) is 0.550. The Labute approximate surface area is 189 Å². The van der Waals surface area contributed by atoms with E-state index in [2.05, 4.69) is 10.4 Å². The summed E-state index contributed by atoms with van der Waals surface area (Å²) < 4.78 is 27.0. The minimum absolute atomic E-state index is 0.226. The van der Waals surface area contributed by atoms with Gasteiger partial charge in [-0.1, -0.05) is 11.6 Å². The third kappa shape index (κ3) is 3.58. The van der Waals surface area contributed by atoms with Gasteiger partial charge in [0.25, 0.3) is 11.8 Å². The fourth-order valence-corrected chi connectivity index (χ4v) is 7.85. The van der Waals surface area contributed by atoms with Crippen molar-refractivity contribution in [1.29, 1.82) is 0 Å². The zero-order valence-electron chi connectivity index (χ0n) is 17.1. The summed E-state index contributed by atoms with van der Waals surface area (Å²) in [7, 11) is -1.55. The van der Waals surface area contributed by atoms with Crippen LogP contribution in [-0.2, 0) is 29.9 Å². The number of amides is 2. The largest absolute Gasteiger partial charge is 0.346 e. The Kier molecular flexibility index (Phi) is 4.95. The molecule has 0 radical (unpaired) electrons. The fourth-order valence-electron chi connectivity index (χ4n) is 4.35. The third-order valence-electron chi connectivity index (χ3n) is 6.39. The minimum Gasteiger partial charge on any atom is -0.346 e. The number of halogens is 1. The monoisotopic (exact) mass is 482 g/mol. The second kappa shape index (κ2) is 7.31. The second-order valence-corrected chi connectivity index (χ2v) is 13.0. The number of hydrogen-bond donors (Lipinski definition) is 1. The van der Waals surface area contributed by atoms with Crippen molar-refractivity contribution in [2.45, 2.75) is 48.6 Å². The van der Waals surface area contributed by atoms with Crippen LogP contribution in [0.5, 0.6) is 0 Å². The molecule has 2 aromatic rings. The zero-order valence-corrected chi connectivity index (χ0v) is 19.4. The Morgan fingerprint density at radius 1 is 1.35 bits per heavy atom. The summed E-state index contributed by atoms with van der Waals surface area (Å²) in [5.41, 5.74) is 1.25. The smallest absolute Gasteiger partial charge is 0.272 e. The van der Waals surface area contributed by atoms with Crippen LogP contribution < -0.4 is 5.32 Å². The van der Waals surface area contributed by atoms with E-state index in [-0.39, 0.29) is 29.3 Å². The van der Waals surface area contributed by atoms with E-state index in [0.29, 0.717) is 47.9 Å². The van der Waals surface area contributed by atoms with E-state index in [1.807, 2.05) is 6.07 Å². The normalized spacial score (nSPS) is 19.9. The lowest BCUT2D eigenvalue weighted by Crippen LogP contribution is -2.46. The van der Waals surface area contributed by atoms with Crippen LogP contribution in [0.15, 0.2) is 12.1 Å². The molecule has 0 aromatic carbocycles. The molecule has 3 heterocycles.